The molecule has 0 saturated heterocycles. The number of aromatic nitrogens is 5. The second kappa shape index (κ2) is 7.11. The van der Waals surface area contributed by atoms with Crippen LogP contribution in [-0.4, -0.2) is 37.3 Å². The Morgan fingerprint density at radius 3 is 2.89 bits per heavy atom. The first kappa shape index (κ1) is 17.1. The zero-order valence-corrected chi connectivity index (χ0v) is 15.2. The van der Waals surface area contributed by atoms with Gasteiger partial charge in [0.2, 0.25) is 0 Å². The molecule has 0 saturated carbocycles. The Labute approximate surface area is 156 Å². The van der Waals surface area contributed by atoms with Crippen molar-refractivity contribution in [2.75, 3.05) is 7.05 Å². The number of aliphatic imine (C=N–C) groups is 1. The molecular weight excluding hydrogens is 343 g/mol. The van der Waals surface area contributed by atoms with Crippen LogP contribution in [0.15, 0.2) is 53.9 Å². The lowest BCUT2D eigenvalue weighted by molar-refractivity contribution is 0.624. The molecule has 136 valence electrons. The normalized spacial score (nSPS) is 11.7. The molecule has 27 heavy (non-hydrogen) atoms. The highest BCUT2D eigenvalue weighted by molar-refractivity contribution is 5.82. The highest BCUT2D eigenvalue weighted by Crippen LogP contribution is 2.24. The van der Waals surface area contributed by atoms with Crippen LogP contribution < -0.4 is 0 Å². The second-order valence-corrected chi connectivity index (χ2v) is 6.12. The first-order chi connectivity index (χ1) is 13.2. The molecule has 0 fully saturated rings. The minimum atomic E-state index is -0.318. The van der Waals surface area contributed by atoms with Gasteiger partial charge in [-0.1, -0.05) is 6.07 Å². The van der Waals surface area contributed by atoms with E-state index in [1.807, 2.05) is 22.9 Å². The topological polar surface area (TPSA) is 60.9 Å². The third-order valence-electron chi connectivity index (χ3n) is 4.44. The van der Waals surface area contributed by atoms with Gasteiger partial charge in [-0.2, -0.15) is 0 Å². The van der Waals surface area contributed by atoms with E-state index in [1.165, 1.54) is 6.07 Å². The van der Waals surface area contributed by atoms with Gasteiger partial charge in [-0.05, 0) is 36.8 Å². The summed E-state index contributed by atoms with van der Waals surface area (Å²) in [6, 6.07) is 8.71. The average molecular weight is 362 g/mol. The molecule has 0 spiro atoms. The molecule has 0 aliphatic carbocycles. The number of benzene rings is 1. The number of nitrogens with zero attached hydrogens (tertiary/aromatic N) is 6. The third kappa shape index (κ3) is 3.12. The molecule has 0 N–H and O–H groups in total. The van der Waals surface area contributed by atoms with Gasteiger partial charge in [0.25, 0.3) is 0 Å². The van der Waals surface area contributed by atoms with Crippen LogP contribution in [0.3, 0.4) is 0 Å². The lowest BCUT2D eigenvalue weighted by atomic mass is 10.1. The monoisotopic (exact) mass is 362 g/mol. The molecule has 7 heteroatoms. The van der Waals surface area contributed by atoms with Gasteiger partial charge < -0.3 is 9.13 Å². The van der Waals surface area contributed by atoms with Crippen LogP contribution in [0.1, 0.15) is 18.3 Å². The van der Waals surface area contributed by atoms with Gasteiger partial charge in [-0.3, -0.25) is 4.99 Å². The Hall–Kier alpha value is -3.35. The molecule has 0 aliphatic rings. The maximum atomic E-state index is 14.5. The van der Waals surface area contributed by atoms with E-state index in [4.69, 9.17) is 4.98 Å². The summed E-state index contributed by atoms with van der Waals surface area (Å²) in [5, 5.41) is 0. The summed E-state index contributed by atoms with van der Waals surface area (Å²) in [4.78, 5) is 17.5. The van der Waals surface area contributed by atoms with Crippen molar-refractivity contribution in [3.05, 3.63) is 66.1 Å². The highest BCUT2D eigenvalue weighted by Gasteiger charge is 2.15. The van der Waals surface area contributed by atoms with Gasteiger partial charge in [0.15, 0.2) is 5.65 Å². The van der Waals surface area contributed by atoms with Crippen molar-refractivity contribution in [2.45, 2.75) is 20.0 Å². The summed E-state index contributed by atoms with van der Waals surface area (Å²) in [5.74, 6) is 1.10. The van der Waals surface area contributed by atoms with Crippen molar-refractivity contribution in [1.29, 1.82) is 0 Å². The van der Waals surface area contributed by atoms with Crippen molar-refractivity contribution in [1.82, 2.24) is 24.1 Å². The lowest BCUT2D eigenvalue weighted by Gasteiger charge is -2.10. The highest BCUT2D eigenvalue weighted by atomic mass is 19.1. The van der Waals surface area contributed by atoms with Crippen LogP contribution in [0.5, 0.6) is 0 Å². The van der Waals surface area contributed by atoms with Crippen LogP contribution in [0.4, 0.5) is 4.39 Å². The van der Waals surface area contributed by atoms with Gasteiger partial charge in [0.05, 0.1) is 12.1 Å². The van der Waals surface area contributed by atoms with E-state index in [0.29, 0.717) is 17.9 Å². The predicted octanol–water partition coefficient (Wildman–Crippen LogP) is 3.55. The largest absolute Gasteiger partial charge is 0.323 e. The van der Waals surface area contributed by atoms with Crippen LogP contribution in [0, 0.1) is 5.82 Å². The van der Waals surface area contributed by atoms with E-state index in [9.17, 15) is 4.39 Å². The SMILES string of the molecule is CCn1c(Cn2ccnc2-c2cc(C=NC)ccc2F)nc2cccnc21. The summed E-state index contributed by atoms with van der Waals surface area (Å²) in [7, 11) is 1.69. The number of rotatable bonds is 5. The minimum Gasteiger partial charge on any atom is -0.323 e. The zero-order valence-electron chi connectivity index (χ0n) is 15.2. The molecule has 3 aromatic heterocycles. The van der Waals surface area contributed by atoms with Crippen molar-refractivity contribution >= 4 is 17.4 Å². The molecule has 4 aromatic rings. The fraction of sp³-hybridized carbons (Fsp3) is 0.200. The van der Waals surface area contributed by atoms with Crippen LogP contribution in [0.25, 0.3) is 22.6 Å². The van der Waals surface area contributed by atoms with Crippen LogP contribution in [0.2, 0.25) is 0 Å². The molecule has 0 unspecified atom stereocenters. The minimum absolute atomic E-state index is 0.318. The van der Waals surface area contributed by atoms with E-state index in [0.717, 1.165) is 29.1 Å². The molecule has 0 aliphatic heterocycles. The van der Waals surface area contributed by atoms with E-state index in [1.54, 1.807) is 37.8 Å². The van der Waals surface area contributed by atoms with Gasteiger partial charge >= 0.3 is 0 Å². The number of pyridine rings is 1. The number of halogens is 1. The van der Waals surface area contributed by atoms with Crippen molar-refractivity contribution in [2.24, 2.45) is 4.99 Å². The average Bonchev–Trinajstić information content (AvgIpc) is 3.27. The van der Waals surface area contributed by atoms with Crippen molar-refractivity contribution in [3.8, 4) is 11.4 Å². The molecule has 6 nitrogen and oxygen atoms in total. The number of imidazole rings is 2. The fourth-order valence-electron chi connectivity index (χ4n) is 3.24. The maximum Gasteiger partial charge on any atom is 0.160 e. The van der Waals surface area contributed by atoms with E-state index < -0.39 is 0 Å². The first-order valence-corrected chi connectivity index (χ1v) is 8.74. The van der Waals surface area contributed by atoms with Gasteiger partial charge in [-0.15, -0.1) is 0 Å². The molecule has 0 bridgehead atoms. The summed E-state index contributed by atoms with van der Waals surface area (Å²) >= 11 is 0. The second-order valence-electron chi connectivity index (χ2n) is 6.12. The molecule has 0 radical (unpaired) electrons. The first-order valence-electron chi connectivity index (χ1n) is 8.74. The molecule has 0 atom stereocenters. The number of fused-ring (bicyclic) bond motifs is 1. The number of hydrogen-bond donors (Lipinski definition) is 0. The molecule has 1 aromatic carbocycles. The Kier molecular flexibility index (Phi) is 4.50. The smallest absolute Gasteiger partial charge is 0.160 e. The third-order valence-corrected chi connectivity index (χ3v) is 4.44. The summed E-state index contributed by atoms with van der Waals surface area (Å²) in [6.07, 6.45) is 6.96. The van der Waals surface area contributed by atoms with Crippen molar-refractivity contribution in [3.63, 3.8) is 0 Å². The molecule has 4 rings (SSSR count). The predicted molar refractivity (Wildman–Crippen MR) is 103 cm³/mol. The standard InChI is InChI=1S/C20H19FN6/c1-3-27-18(25-17-5-4-8-23-20(17)27)13-26-10-9-24-19(26)15-11-14(12-22-2)6-7-16(15)21/h4-12H,3,13H2,1-2H3. The summed E-state index contributed by atoms with van der Waals surface area (Å²) in [6.45, 7) is 3.29. The summed E-state index contributed by atoms with van der Waals surface area (Å²) < 4.78 is 18.4. The van der Waals surface area contributed by atoms with Gasteiger partial charge in [0, 0.05) is 38.4 Å². The lowest BCUT2D eigenvalue weighted by Crippen LogP contribution is -2.09. The number of aryl methyl sites for hydroxylation is 1. The molecule has 3 heterocycles. The van der Waals surface area contributed by atoms with E-state index >= 15 is 0 Å². The van der Waals surface area contributed by atoms with Gasteiger partial charge in [-0.25, -0.2) is 19.3 Å². The fourth-order valence-corrected chi connectivity index (χ4v) is 3.24. The zero-order chi connectivity index (χ0) is 18.8. The van der Waals surface area contributed by atoms with Crippen LogP contribution in [-0.2, 0) is 13.1 Å². The Bertz CT molecular complexity index is 1120. The Morgan fingerprint density at radius 2 is 2.07 bits per heavy atom. The van der Waals surface area contributed by atoms with E-state index in [2.05, 4.69) is 26.5 Å². The summed E-state index contributed by atoms with van der Waals surface area (Å²) in [5.41, 5.74) is 2.97. The molecular formula is C20H19FN6. The number of hydrogen-bond acceptors (Lipinski definition) is 4. The quantitative estimate of drug-likeness (QED) is 0.510. The Morgan fingerprint density at radius 1 is 1.19 bits per heavy atom. The Balaban J connectivity index is 1.77. The molecule has 0 amide bonds. The maximum absolute atomic E-state index is 14.5. The van der Waals surface area contributed by atoms with Crippen LogP contribution >= 0.6 is 0 Å². The van der Waals surface area contributed by atoms with Crippen molar-refractivity contribution < 1.29 is 4.39 Å². The van der Waals surface area contributed by atoms with E-state index in [-0.39, 0.29) is 5.82 Å². The van der Waals surface area contributed by atoms with Gasteiger partial charge in [0.1, 0.15) is 23.0 Å².